The van der Waals surface area contributed by atoms with Gasteiger partial charge in [0.25, 0.3) is 5.91 Å². The third-order valence-corrected chi connectivity index (χ3v) is 3.21. The summed E-state index contributed by atoms with van der Waals surface area (Å²) in [5, 5.41) is 13.0. The highest BCUT2D eigenvalue weighted by molar-refractivity contribution is 5.96. The van der Waals surface area contributed by atoms with Crippen molar-refractivity contribution in [1.82, 2.24) is 5.32 Å². The Hall–Kier alpha value is -2.30. The molecular weight excluding hydrogens is 306 g/mol. The predicted molar refractivity (Wildman–Crippen MR) is 95.0 cm³/mol. The Morgan fingerprint density at radius 1 is 1.29 bits per heavy atom. The minimum Gasteiger partial charge on any atom is -0.507 e. The van der Waals surface area contributed by atoms with E-state index in [9.17, 15) is 14.7 Å². The van der Waals surface area contributed by atoms with Crippen molar-refractivity contribution in [2.75, 3.05) is 6.54 Å². The van der Waals surface area contributed by atoms with Crippen molar-refractivity contribution in [1.29, 1.82) is 0 Å². The molecule has 0 aliphatic heterocycles. The highest BCUT2D eigenvalue weighted by Crippen LogP contribution is 2.25. The standard InChI is InChI=1S/C19H27NO4/c1-6-7-10-20-18(23)15-11-13(2)17(22)14(12-15)8-9-16(21)24-19(3,4)5/h8-9,11-12,22H,6-7,10H2,1-5H3,(H,20,23)/b9-8+. The van der Waals surface area contributed by atoms with E-state index in [4.69, 9.17) is 4.74 Å². The maximum Gasteiger partial charge on any atom is 0.331 e. The fourth-order valence-electron chi connectivity index (χ4n) is 2.04. The van der Waals surface area contributed by atoms with E-state index in [0.29, 0.717) is 23.2 Å². The van der Waals surface area contributed by atoms with Gasteiger partial charge < -0.3 is 15.2 Å². The summed E-state index contributed by atoms with van der Waals surface area (Å²) in [5.74, 6) is -0.657. The molecule has 1 aromatic carbocycles. The summed E-state index contributed by atoms with van der Waals surface area (Å²) >= 11 is 0. The van der Waals surface area contributed by atoms with Crippen LogP contribution in [-0.2, 0) is 9.53 Å². The van der Waals surface area contributed by atoms with E-state index in [2.05, 4.69) is 12.2 Å². The van der Waals surface area contributed by atoms with Gasteiger partial charge in [0.2, 0.25) is 0 Å². The number of hydrogen-bond donors (Lipinski definition) is 2. The van der Waals surface area contributed by atoms with Crippen LogP contribution in [-0.4, -0.2) is 29.1 Å². The van der Waals surface area contributed by atoms with Crippen molar-refractivity contribution in [3.05, 3.63) is 34.9 Å². The maximum absolute atomic E-state index is 12.2. The number of phenols is 1. The third kappa shape index (κ3) is 6.44. The topological polar surface area (TPSA) is 75.6 Å². The minimum absolute atomic E-state index is 0.0416. The van der Waals surface area contributed by atoms with Gasteiger partial charge in [0, 0.05) is 23.7 Å². The largest absolute Gasteiger partial charge is 0.507 e. The Balaban J connectivity index is 2.95. The molecular formula is C19H27NO4. The number of ether oxygens (including phenoxy) is 1. The summed E-state index contributed by atoms with van der Waals surface area (Å²) in [5.41, 5.74) is 0.842. The van der Waals surface area contributed by atoms with Gasteiger partial charge in [-0.15, -0.1) is 0 Å². The first-order valence-electron chi connectivity index (χ1n) is 8.17. The monoisotopic (exact) mass is 333 g/mol. The highest BCUT2D eigenvalue weighted by atomic mass is 16.6. The van der Waals surface area contributed by atoms with Crippen LogP contribution < -0.4 is 5.32 Å². The average Bonchev–Trinajstić information content (AvgIpc) is 2.47. The summed E-state index contributed by atoms with van der Waals surface area (Å²) < 4.78 is 5.19. The molecule has 5 nitrogen and oxygen atoms in total. The van der Waals surface area contributed by atoms with Crippen molar-refractivity contribution in [3.63, 3.8) is 0 Å². The number of benzene rings is 1. The number of carbonyl (C=O) groups is 2. The molecule has 0 saturated carbocycles. The van der Waals surface area contributed by atoms with Gasteiger partial charge in [-0.05, 0) is 57.9 Å². The molecule has 0 aliphatic carbocycles. The molecule has 5 heteroatoms. The fraction of sp³-hybridized carbons (Fsp3) is 0.474. The van der Waals surface area contributed by atoms with Crippen LogP contribution in [0.25, 0.3) is 6.08 Å². The molecule has 0 saturated heterocycles. The molecule has 0 radical (unpaired) electrons. The maximum atomic E-state index is 12.2. The molecule has 132 valence electrons. The summed E-state index contributed by atoms with van der Waals surface area (Å²) in [7, 11) is 0. The Bertz CT molecular complexity index is 627. The molecule has 1 aromatic rings. The van der Waals surface area contributed by atoms with Crippen LogP contribution in [0.5, 0.6) is 5.75 Å². The summed E-state index contributed by atoms with van der Waals surface area (Å²) in [6.45, 7) is 9.71. The second-order valence-corrected chi connectivity index (χ2v) is 6.71. The lowest BCUT2D eigenvalue weighted by Gasteiger charge is -2.18. The van der Waals surface area contributed by atoms with Gasteiger partial charge in [0.1, 0.15) is 11.4 Å². The van der Waals surface area contributed by atoms with Gasteiger partial charge in [-0.25, -0.2) is 4.79 Å². The van der Waals surface area contributed by atoms with Crippen LogP contribution in [0, 0.1) is 6.92 Å². The summed E-state index contributed by atoms with van der Waals surface area (Å²) in [6, 6.07) is 3.19. The van der Waals surface area contributed by atoms with Crippen molar-refractivity contribution in [3.8, 4) is 5.75 Å². The van der Waals surface area contributed by atoms with Gasteiger partial charge in [0.15, 0.2) is 0 Å². The number of esters is 1. The van der Waals surface area contributed by atoms with Crippen LogP contribution in [0.2, 0.25) is 0 Å². The van der Waals surface area contributed by atoms with E-state index in [1.54, 1.807) is 39.8 Å². The number of rotatable bonds is 6. The molecule has 2 N–H and O–H groups in total. The number of aryl methyl sites for hydroxylation is 1. The van der Waals surface area contributed by atoms with E-state index in [1.165, 1.54) is 12.2 Å². The van der Waals surface area contributed by atoms with Crippen molar-refractivity contribution in [2.24, 2.45) is 0 Å². The average molecular weight is 333 g/mol. The third-order valence-electron chi connectivity index (χ3n) is 3.21. The van der Waals surface area contributed by atoms with Gasteiger partial charge in [-0.3, -0.25) is 4.79 Å². The number of hydrogen-bond acceptors (Lipinski definition) is 4. The van der Waals surface area contributed by atoms with Crippen LogP contribution in [0.15, 0.2) is 18.2 Å². The highest BCUT2D eigenvalue weighted by Gasteiger charge is 2.15. The van der Waals surface area contributed by atoms with Crippen LogP contribution in [0.1, 0.15) is 62.0 Å². The first-order chi connectivity index (χ1) is 11.1. The zero-order chi connectivity index (χ0) is 18.3. The smallest absolute Gasteiger partial charge is 0.331 e. The van der Waals surface area contributed by atoms with Crippen LogP contribution >= 0.6 is 0 Å². The molecule has 1 rings (SSSR count). The van der Waals surface area contributed by atoms with E-state index >= 15 is 0 Å². The SMILES string of the molecule is CCCCNC(=O)c1cc(C)c(O)c(/C=C/C(=O)OC(C)(C)C)c1. The first-order valence-corrected chi connectivity index (χ1v) is 8.17. The molecule has 0 spiro atoms. The van der Waals surface area contributed by atoms with Crippen molar-refractivity contribution < 1.29 is 19.4 Å². The number of aromatic hydroxyl groups is 1. The lowest BCUT2D eigenvalue weighted by Crippen LogP contribution is -2.24. The second kappa shape index (κ2) is 8.52. The van der Waals surface area contributed by atoms with E-state index in [1.807, 2.05) is 0 Å². The van der Waals surface area contributed by atoms with Gasteiger partial charge in [0.05, 0.1) is 0 Å². The number of phenolic OH excluding ortho intramolecular Hbond substituents is 1. The zero-order valence-corrected chi connectivity index (χ0v) is 15.1. The number of nitrogens with one attached hydrogen (secondary N) is 1. The Kier molecular flexibility index (Phi) is 7.01. The Morgan fingerprint density at radius 2 is 1.96 bits per heavy atom. The molecule has 0 aliphatic rings. The molecule has 0 fully saturated rings. The Labute approximate surface area is 143 Å². The molecule has 0 heterocycles. The predicted octanol–water partition coefficient (Wildman–Crippen LogP) is 3.59. The lowest BCUT2D eigenvalue weighted by molar-refractivity contribution is -0.148. The molecule has 0 unspecified atom stereocenters. The van der Waals surface area contributed by atoms with E-state index in [-0.39, 0.29) is 11.7 Å². The van der Waals surface area contributed by atoms with E-state index in [0.717, 1.165) is 12.8 Å². The fourth-order valence-corrected chi connectivity index (χ4v) is 2.04. The van der Waals surface area contributed by atoms with Crippen LogP contribution in [0.4, 0.5) is 0 Å². The first kappa shape index (κ1) is 19.7. The number of amides is 1. The number of unbranched alkanes of at least 4 members (excludes halogenated alkanes) is 1. The van der Waals surface area contributed by atoms with Gasteiger partial charge in [-0.1, -0.05) is 13.3 Å². The van der Waals surface area contributed by atoms with Crippen molar-refractivity contribution in [2.45, 2.75) is 53.1 Å². The molecule has 1 amide bonds. The van der Waals surface area contributed by atoms with Crippen LogP contribution in [0.3, 0.4) is 0 Å². The molecule has 0 bridgehead atoms. The summed E-state index contributed by atoms with van der Waals surface area (Å²) in [4.78, 5) is 23.9. The Morgan fingerprint density at radius 3 is 2.54 bits per heavy atom. The number of carbonyl (C=O) groups excluding carboxylic acids is 2. The van der Waals surface area contributed by atoms with Crippen molar-refractivity contribution >= 4 is 18.0 Å². The summed E-state index contributed by atoms with van der Waals surface area (Å²) in [6.07, 6.45) is 4.62. The minimum atomic E-state index is -0.583. The zero-order valence-electron chi connectivity index (χ0n) is 15.1. The molecule has 24 heavy (non-hydrogen) atoms. The van der Waals surface area contributed by atoms with Gasteiger partial charge >= 0.3 is 5.97 Å². The van der Waals surface area contributed by atoms with Gasteiger partial charge in [-0.2, -0.15) is 0 Å². The quantitative estimate of drug-likeness (QED) is 0.474. The second-order valence-electron chi connectivity index (χ2n) is 6.71. The van der Waals surface area contributed by atoms with E-state index < -0.39 is 11.6 Å². The lowest BCUT2D eigenvalue weighted by atomic mass is 10.0. The molecule has 0 atom stereocenters. The molecule has 0 aromatic heterocycles. The normalized spacial score (nSPS) is 11.5.